The van der Waals surface area contributed by atoms with Gasteiger partial charge in [-0.2, -0.15) is 0 Å². The van der Waals surface area contributed by atoms with E-state index in [1.54, 1.807) is 0 Å². The summed E-state index contributed by atoms with van der Waals surface area (Å²) in [6.45, 7) is 23.3. The van der Waals surface area contributed by atoms with E-state index in [4.69, 9.17) is 25.0 Å². The van der Waals surface area contributed by atoms with Crippen LogP contribution in [0.5, 0.6) is 0 Å². The van der Waals surface area contributed by atoms with Gasteiger partial charge in [-0.1, -0.05) is 208 Å². The largest absolute Gasteiger partial charge is 0.512 e. The van der Waals surface area contributed by atoms with Crippen LogP contribution in [0.2, 0.25) is 0 Å². The van der Waals surface area contributed by atoms with Gasteiger partial charge in [0.25, 0.3) is 0 Å². The number of nitrogens with zero attached hydrogens (tertiary/aromatic N) is 4. The molecule has 6 nitrogen and oxygen atoms in total. The minimum atomic E-state index is -0.318. The number of carbonyl (C=O) groups excluding carboxylic acids is 1. The Balaban J connectivity index is 0.000000986. The molecule has 8 rings (SSSR count). The van der Waals surface area contributed by atoms with Crippen LogP contribution in [0.25, 0.3) is 56.5 Å². The van der Waals surface area contributed by atoms with Crippen LogP contribution < -0.4 is 0 Å². The van der Waals surface area contributed by atoms with Crippen molar-refractivity contribution in [3.63, 3.8) is 0 Å². The number of aliphatic hydroxyl groups excluding tert-OH is 1. The normalized spacial score (nSPS) is 14.2. The molecule has 2 aromatic heterocycles. The molecule has 1 aliphatic carbocycles. The Morgan fingerprint density at radius 2 is 1.11 bits per heavy atom. The molecule has 1 aliphatic rings. The van der Waals surface area contributed by atoms with Crippen LogP contribution in [0, 0.1) is 6.07 Å². The summed E-state index contributed by atoms with van der Waals surface area (Å²) in [4.78, 5) is 30.3. The molecule has 5 aromatic carbocycles. The van der Waals surface area contributed by atoms with Gasteiger partial charge in [-0.05, 0) is 96.4 Å². The van der Waals surface area contributed by atoms with Crippen molar-refractivity contribution < 1.29 is 30.0 Å². The van der Waals surface area contributed by atoms with Crippen molar-refractivity contribution in [1.82, 2.24) is 19.9 Å². The molecule has 7 heteroatoms. The number of unbranched alkanes of at least 4 members (excludes halogenated alkanes) is 6. The monoisotopic (exact) mass is 1140 g/mol. The number of aromatic nitrogens is 4. The van der Waals surface area contributed by atoms with Gasteiger partial charge in [0.15, 0.2) is 23.3 Å². The first kappa shape index (κ1) is 55.4. The van der Waals surface area contributed by atoms with Crippen molar-refractivity contribution in [2.45, 2.75) is 157 Å². The smallest absolute Gasteiger partial charge is 0.165 e. The van der Waals surface area contributed by atoms with Gasteiger partial charge in [-0.3, -0.25) is 4.79 Å². The summed E-state index contributed by atoms with van der Waals surface area (Å²) in [5, 5.41) is 8.36. The van der Waals surface area contributed by atoms with Gasteiger partial charge >= 0.3 is 0 Å². The Morgan fingerprint density at radius 3 is 1.56 bits per heavy atom. The van der Waals surface area contributed by atoms with Gasteiger partial charge in [-0.25, -0.2) is 15.0 Å². The maximum absolute atomic E-state index is 10.0. The zero-order valence-corrected chi connectivity index (χ0v) is 47.1. The van der Waals surface area contributed by atoms with Gasteiger partial charge < -0.3 is 10.1 Å². The van der Waals surface area contributed by atoms with E-state index >= 15 is 0 Å². The molecule has 1 atom stereocenters. The van der Waals surface area contributed by atoms with Crippen molar-refractivity contribution in [1.29, 1.82) is 0 Å². The number of carbonyl (C=O) groups is 1. The number of benzene rings is 5. The Bertz CT molecular complexity index is 2850. The van der Waals surface area contributed by atoms with Gasteiger partial charge in [0.2, 0.25) is 0 Å². The van der Waals surface area contributed by atoms with E-state index < -0.39 is 0 Å². The van der Waals surface area contributed by atoms with Crippen LogP contribution in [-0.4, -0.2) is 30.8 Å². The van der Waals surface area contributed by atoms with E-state index in [-0.39, 0.29) is 47.9 Å². The molecular weight excluding hydrogens is 1060 g/mol. The summed E-state index contributed by atoms with van der Waals surface area (Å²) in [5.74, 6) is 1.82. The maximum Gasteiger partial charge on any atom is 0.165 e. The van der Waals surface area contributed by atoms with Crippen LogP contribution in [0.4, 0.5) is 0 Å². The third-order valence-electron chi connectivity index (χ3n) is 13.9. The molecule has 0 fully saturated rings. The Labute approximate surface area is 444 Å². The molecule has 1 radical (unpaired) electrons. The number of fused-ring (bicyclic) bond motifs is 3. The minimum absolute atomic E-state index is 0. The topological polar surface area (TPSA) is 88.9 Å². The second-order valence-electron chi connectivity index (χ2n) is 21.8. The Morgan fingerprint density at radius 1 is 0.611 bits per heavy atom. The molecule has 0 spiro atoms. The summed E-state index contributed by atoms with van der Waals surface area (Å²) in [7, 11) is 0. The second kappa shape index (κ2) is 24.2. The van der Waals surface area contributed by atoms with Crippen LogP contribution in [-0.2, 0) is 54.0 Å². The Kier molecular flexibility index (Phi) is 18.7. The molecule has 1 unspecified atom stereocenters. The molecule has 2 heterocycles. The van der Waals surface area contributed by atoms with E-state index in [9.17, 15) is 4.79 Å². The minimum Gasteiger partial charge on any atom is -0.512 e. The molecule has 0 bridgehead atoms. The predicted molar refractivity (Wildman–Crippen MR) is 296 cm³/mol. The molecule has 0 saturated carbocycles. The average molecular weight is 1140 g/mol. The Hall–Kier alpha value is -5.88. The summed E-state index contributed by atoms with van der Waals surface area (Å²) in [6.07, 6.45) is 15.5. The fourth-order valence-electron chi connectivity index (χ4n) is 9.72. The predicted octanol–water partition coefficient (Wildman–Crippen LogP) is 16.9. The molecular formula is C65H75IrN4O2-. The molecule has 0 saturated heterocycles. The van der Waals surface area contributed by atoms with E-state index in [1.165, 1.54) is 121 Å². The average Bonchev–Trinajstić information content (AvgIpc) is 3.61. The van der Waals surface area contributed by atoms with Gasteiger partial charge in [0.05, 0.1) is 5.76 Å². The maximum atomic E-state index is 10.0. The molecule has 0 amide bonds. The SMILES string of the molecule is CC(=O)/C=C(/C)O.CCCCCCc1cc(CCCCCC)cc(C2(C)c3ccccc3-c3c[c-]c(-c4ccc(-c5nc(-c6ccc(C(C)(C)C)cc6)nc(-c6ccc(C(C)(C)C)cc6)n5)cn4)cc32)c1.[Ir]. The first-order chi connectivity index (χ1) is 33.9. The fraction of sp³-hybridized carbons (Fsp3) is 0.369. The third kappa shape index (κ3) is 13.4. The second-order valence-corrected chi connectivity index (χ2v) is 21.8. The summed E-state index contributed by atoms with van der Waals surface area (Å²) in [6, 6.07) is 46.2. The third-order valence-corrected chi connectivity index (χ3v) is 13.9. The zero-order chi connectivity index (χ0) is 50.9. The summed E-state index contributed by atoms with van der Waals surface area (Å²) >= 11 is 0. The zero-order valence-electron chi connectivity index (χ0n) is 44.7. The van der Waals surface area contributed by atoms with Crippen LogP contribution in [0.3, 0.4) is 0 Å². The quantitative estimate of drug-likeness (QED) is 0.0449. The van der Waals surface area contributed by atoms with Crippen molar-refractivity contribution >= 4 is 5.78 Å². The number of rotatable bonds is 16. The number of ketones is 1. The van der Waals surface area contributed by atoms with Gasteiger partial charge in [0.1, 0.15) is 0 Å². The summed E-state index contributed by atoms with van der Waals surface area (Å²) < 4.78 is 0. The fourth-order valence-corrected chi connectivity index (χ4v) is 9.72. The molecule has 72 heavy (non-hydrogen) atoms. The first-order valence-corrected chi connectivity index (χ1v) is 26.0. The number of aliphatic hydroxyl groups is 1. The van der Waals surface area contributed by atoms with Crippen LogP contribution in [0.1, 0.15) is 166 Å². The number of pyridine rings is 1. The standard InChI is InChI=1S/C60H67N4.C5H8O2.Ir/c1-10-12-14-16-20-41-36-42(21-17-15-13-11-2)38-49(37-41)60(9)52-23-19-18-22-50(52)51-34-28-45(39-53(51)60)54-35-29-46(40-61-54)57-63-55(43-24-30-47(31-25-43)58(3,4)5)62-56(64-57)44-26-32-48(33-27-44)59(6,7)8;1-4(6)3-5(2)7;/h18-19,22-27,29-40H,10-17,20-21H2,1-9H3;3,6H,1-2H3;/q-1;;/b;4-3-;. The van der Waals surface area contributed by atoms with Gasteiger partial charge in [0, 0.05) is 54.5 Å². The summed E-state index contributed by atoms with van der Waals surface area (Å²) in [5.41, 5.74) is 16.5. The van der Waals surface area contributed by atoms with Gasteiger partial charge in [-0.15, -0.1) is 29.3 Å². The van der Waals surface area contributed by atoms with E-state index in [0.717, 1.165) is 40.8 Å². The van der Waals surface area contributed by atoms with Crippen molar-refractivity contribution in [2.24, 2.45) is 0 Å². The van der Waals surface area contributed by atoms with Crippen molar-refractivity contribution in [3.05, 3.63) is 178 Å². The molecule has 1 N–H and O–H groups in total. The number of hydrogen-bond donors (Lipinski definition) is 1. The molecule has 0 aliphatic heterocycles. The first-order valence-electron chi connectivity index (χ1n) is 26.0. The molecule has 377 valence electrons. The number of hydrogen-bond acceptors (Lipinski definition) is 6. The van der Waals surface area contributed by atoms with Crippen LogP contribution >= 0.6 is 0 Å². The number of allylic oxidation sites excluding steroid dienone is 2. The van der Waals surface area contributed by atoms with Crippen molar-refractivity contribution in [3.8, 4) is 56.5 Å². The van der Waals surface area contributed by atoms with Crippen molar-refractivity contribution in [2.75, 3.05) is 0 Å². The number of aryl methyl sites for hydroxylation is 2. The van der Waals surface area contributed by atoms with E-state index in [1.807, 2.05) is 6.20 Å². The molecule has 7 aromatic rings. The van der Waals surface area contributed by atoms with E-state index in [2.05, 4.69) is 184 Å². The van der Waals surface area contributed by atoms with Crippen LogP contribution in [0.15, 0.2) is 133 Å². The van der Waals surface area contributed by atoms with E-state index in [0.29, 0.717) is 17.5 Å².